The van der Waals surface area contributed by atoms with Gasteiger partial charge in [-0.05, 0) is 24.3 Å². The first kappa shape index (κ1) is 17.1. The van der Waals surface area contributed by atoms with E-state index >= 15 is 0 Å². The lowest BCUT2D eigenvalue weighted by Crippen LogP contribution is -2.48. The summed E-state index contributed by atoms with van der Waals surface area (Å²) in [5.74, 6) is -0.353. The zero-order valence-corrected chi connectivity index (χ0v) is 14.5. The fourth-order valence-corrected chi connectivity index (χ4v) is 2.89. The summed E-state index contributed by atoms with van der Waals surface area (Å²) in [4.78, 5) is 24.7. The summed E-state index contributed by atoms with van der Waals surface area (Å²) >= 11 is 0. The minimum Gasteiger partial charge on any atom is -0.351 e. The molecular weight excluding hydrogens is 318 g/mol. The molecule has 2 amide bonds. The van der Waals surface area contributed by atoms with E-state index in [-0.39, 0.29) is 35.2 Å². The zero-order valence-electron chi connectivity index (χ0n) is 14.5. The molecule has 0 unspecified atom stereocenters. The van der Waals surface area contributed by atoms with E-state index in [4.69, 9.17) is 0 Å². The van der Waals surface area contributed by atoms with Crippen molar-refractivity contribution < 1.29 is 9.59 Å². The van der Waals surface area contributed by atoms with Crippen LogP contribution in [0.2, 0.25) is 0 Å². The maximum Gasteiger partial charge on any atom is 0.274 e. The highest BCUT2D eigenvalue weighted by atomic mass is 16.2. The van der Waals surface area contributed by atoms with Crippen LogP contribution >= 0.6 is 0 Å². The molecule has 1 aromatic heterocycles. The molecule has 2 N–H and O–H groups in total. The summed E-state index contributed by atoms with van der Waals surface area (Å²) in [5.41, 5.74) is 1.58. The summed E-state index contributed by atoms with van der Waals surface area (Å²) in [7, 11) is 0. The van der Waals surface area contributed by atoms with Crippen LogP contribution < -0.4 is 10.6 Å². The number of carbonyl (C=O) groups is 2. The van der Waals surface area contributed by atoms with E-state index in [9.17, 15) is 9.59 Å². The predicted octanol–water partition coefficient (Wildman–Crippen LogP) is 1.41. The summed E-state index contributed by atoms with van der Waals surface area (Å²) in [6.45, 7) is 5.13. The van der Waals surface area contributed by atoms with Crippen LogP contribution in [-0.2, 0) is 13.0 Å². The van der Waals surface area contributed by atoms with Gasteiger partial charge in [-0.15, -0.1) is 5.10 Å². The van der Waals surface area contributed by atoms with Crippen molar-refractivity contribution in [2.24, 2.45) is 5.92 Å². The van der Waals surface area contributed by atoms with Crippen molar-refractivity contribution >= 4 is 11.8 Å². The molecule has 0 radical (unpaired) electrons. The van der Waals surface area contributed by atoms with E-state index in [1.165, 1.54) is 10.2 Å². The maximum atomic E-state index is 12.3. The molecule has 3 rings (SSSR count). The quantitative estimate of drug-likeness (QED) is 0.778. The fraction of sp³-hybridized carbons (Fsp3) is 0.444. The number of rotatable bonds is 6. The number of amides is 2. The Bertz CT molecular complexity index is 754. The molecule has 0 spiro atoms. The zero-order chi connectivity index (χ0) is 17.8. The molecule has 2 aromatic rings. The molecule has 7 heteroatoms. The Hall–Kier alpha value is -2.70. The van der Waals surface area contributed by atoms with E-state index in [2.05, 4.69) is 33.1 Å². The average molecular weight is 341 g/mol. The third kappa shape index (κ3) is 3.87. The highest BCUT2D eigenvalue weighted by molar-refractivity contribution is 6.05. The lowest BCUT2D eigenvalue weighted by atomic mass is 10.0. The molecule has 0 saturated heterocycles. The van der Waals surface area contributed by atoms with Gasteiger partial charge in [0.25, 0.3) is 11.8 Å². The minimum atomic E-state index is -0.354. The van der Waals surface area contributed by atoms with Crippen LogP contribution in [0.4, 0.5) is 0 Å². The van der Waals surface area contributed by atoms with Crippen molar-refractivity contribution in [2.75, 3.05) is 6.54 Å². The van der Waals surface area contributed by atoms with Gasteiger partial charge in [0, 0.05) is 6.54 Å². The number of hydrogen-bond acceptors (Lipinski definition) is 4. The molecular formula is C18H23N5O2. The molecule has 0 fully saturated rings. The van der Waals surface area contributed by atoms with Crippen LogP contribution in [0.25, 0.3) is 0 Å². The van der Waals surface area contributed by atoms with E-state index in [0.29, 0.717) is 13.1 Å². The highest BCUT2D eigenvalue weighted by Crippen LogP contribution is 2.15. The SMILES string of the molecule is CC(C)[C@H]1Cn2nnc(C(=O)NCCCc3ccccc3)c2C(=O)N1. The number of carbonyl (C=O) groups excluding carboxylic acids is 2. The van der Waals surface area contributed by atoms with Gasteiger partial charge in [0.15, 0.2) is 11.4 Å². The minimum absolute atomic E-state index is 0.00323. The molecule has 7 nitrogen and oxygen atoms in total. The molecule has 0 aliphatic carbocycles. The Balaban J connectivity index is 1.58. The van der Waals surface area contributed by atoms with Crippen LogP contribution in [0.1, 0.15) is 46.8 Å². The van der Waals surface area contributed by atoms with Gasteiger partial charge in [-0.2, -0.15) is 0 Å². The normalized spacial score (nSPS) is 16.4. The molecule has 1 aliphatic heterocycles. The van der Waals surface area contributed by atoms with Crippen LogP contribution in [0.3, 0.4) is 0 Å². The van der Waals surface area contributed by atoms with E-state index in [1.807, 2.05) is 32.0 Å². The number of aromatic nitrogens is 3. The molecule has 2 heterocycles. The van der Waals surface area contributed by atoms with Crippen molar-refractivity contribution in [2.45, 2.75) is 39.3 Å². The Kier molecular flexibility index (Phi) is 5.11. The second-order valence-corrected chi connectivity index (χ2v) is 6.64. The smallest absolute Gasteiger partial charge is 0.274 e. The average Bonchev–Trinajstić information content (AvgIpc) is 3.04. The molecule has 0 bridgehead atoms. The van der Waals surface area contributed by atoms with Crippen molar-refractivity contribution in [3.8, 4) is 0 Å². The molecule has 1 aromatic carbocycles. The second kappa shape index (κ2) is 7.46. The highest BCUT2D eigenvalue weighted by Gasteiger charge is 2.32. The standard InChI is InChI=1S/C18H23N5O2/c1-12(2)14-11-23-16(18(25)20-14)15(21-22-23)17(24)19-10-6-9-13-7-4-3-5-8-13/h3-5,7-8,12,14H,6,9-11H2,1-2H3,(H,19,24)(H,20,25)/t14-/m1/s1. The van der Waals surface area contributed by atoms with Crippen LogP contribution in [0.15, 0.2) is 30.3 Å². The fourth-order valence-electron chi connectivity index (χ4n) is 2.89. The molecule has 25 heavy (non-hydrogen) atoms. The first-order chi connectivity index (χ1) is 12.1. The van der Waals surface area contributed by atoms with Gasteiger partial charge in [0.1, 0.15) is 0 Å². The van der Waals surface area contributed by atoms with Crippen molar-refractivity contribution in [1.82, 2.24) is 25.6 Å². The Morgan fingerprint density at radius 1 is 1.36 bits per heavy atom. The summed E-state index contributed by atoms with van der Waals surface area (Å²) in [5, 5.41) is 13.6. The first-order valence-electron chi connectivity index (χ1n) is 8.62. The predicted molar refractivity (Wildman–Crippen MR) is 93.2 cm³/mol. The number of benzene rings is 1. The Labute approximate surface area is 146 Å². The van der Waals surface area contributed by atoms with Crippen molar-refractivity contribution in [3.63, 3.8) is 0 Å². The molecule has 1 atom stereocenters. The topological polar surface area (TPSA) is 88.9 Å². The van der Waals surface area contributed by atoms with Gasteiger partial charge in [0.2, 0.25) is 0 Å². The third-order valence-corrected chi connectivity index (χ3v) is 4.43. The maximum absolute atomic E-state index is 12.3. The summed E-state index contributed by atoms with van der Waals surface area (Å²) < 4.78 is 1.53. The van der Waals surface area contributed by atoms with Crippen LogP contribution in [0, 0.1) is 5.92 Å². The van der Waals surface area contributed by atoms with E-state index in [1.54, 1.807) is 0 Å². The number of aryl methyl sites for hydroxylation is 1. The number of hydrogen-bond donors (Lipinski definition) is 2. The molecule has 0 saturated carbocycles. The van der Waals surface area contributed by atoms with Gasteiger partial charge in [-0.3, -0.25) is 9.59 Å². The lowest BCUT2D eigenvalue weighted by molar-refractivity contribution is 0.0861. The van der Waals surface area contributed by atoms with Gasteiger partial charge >= 0.3 is 0 Å². The van der Waals surface area contributed by atoms with Crippen molar-refractivity contribution in [3.05, 3.63) is 47.3 Å². The number of fused-ring (bicyclic) bond motifs is 1. The summed E-state index contributed by atoms with van der Waals surface area (Å²) in [6, 6.07) is 10.1. The molecule has 132 valence electrons. The first-order valence-corrected chi connectivity index (χ1v) is 8.62. The Morgan fingerprint density at radius 3 is 2.84 bits per heavy atom. The van der Waals surface area contributed by atoms with Gasteiger partial charge < -0.3 is 10.6 Å². The van der Waals surface area contributed by atoms with Crippen LogP contribution in [-0.4, -0.2) is 39.4 Å². The van der Waals surface area contributed by atoms with Gasteiger partial charge in [-0.25, -0.2) is 4.68 Å². The van der Waals surface area contributed by atoms with Gasteiger partial charge in [0.05, 0.1) is 12.6 Å². The van der Waals surface area contributed by atoms with Gasteiger partial charge in [-0.1, -0.05) is 49.4 Å². The third-order valence-electron chi connectivity index (χ3n) is 4.43. The number of nitrogens with one attached hydrogen (secondary N) is 2. The second-order valence-electron chi connectivity index (χ2n) is 6.64. The van der Waals surface area contributed by atoms with Crippen LogP contribution in [0.5, 0.6) is 0 Å². The number of nitrogens with zero attached hydrogens (tertiary/aromatic N) is 3. The van der Waals surface area contributed by atoms with E-state index in [0.717, 1.165) is 12.8 Å². The van der Waals surface area contributed by atoms with E-state index < -0.39 is 0 Å². The Morgan fingerprint density at radius 2 is 2.12 bits per heavy atom. The monoisotopic (exact) mass is 341 g/mol. The largest absolute Gasteiger partial charge is 0.351 e. The van der Waals surface area contributed by atoms with Crippen molar-refractivity contribution in [1.29, 1.82) is 0 Å². The molecule has 1 aliphatic rings. The summed E-state index contributed by atoms with van der Waals surface area (Å²) in [6.07, 6.45) is 1.71. The lowest BCUT2D eigenvalue weighted by Gasteiger charge is -2.27.